The van der Waals surface area contributed by atoms with Crippen molar-refractivity contribution in [3.63, 3.8) is 0 Å². The van der Waals surface area contributed by atoms with Gasteiger partial charge in [-0.05, 0) is 49.1 Å². The van der Waals surface area contributed by atoms with Gasteiger partial charge in [0.15, 0.2) is 5.75 Å². The van der Waals surface area contributed by atoms with Gasteiger partial charge in [0.2, 0.25) is 5.91 Å². The number of benzene rings is 2. The second kappa shape index (κ2) is 9.80. The van der Waals surface area contributed by atoms with Crippen molar-refractivity contribution in [1.29, 1.82) is 0 Å². The number of nitrogens with zero attached hydrogens (tertiary/aromatic N) is 1. The van der Waals surface area contributed by atoms with Gasteiger partial charge in [0.05, 0.1) is 16.8 Å². The number of aryl methyl sites for hydroxylation is 2. The summed E-state index contributed by atoms with van der Waals surface area (Å²) in [4.78, 5) is 34.8. The summed E-state index contributed by atoms with van der Waals surface area (Å²) in [6.07, 6.45) is 3.50. The zero-order valence-corrected chi connectivity index (χ0v) is 19.6. The number of fused-ring (bicyclic) bond motifs is 3. The van der Waals surface area contributed by atoms with Crippen LogP contribution >= 0.6 is 23.1 Å². The molecule has 0 spiro atoms. The number of amides is 1. The fourth-order valence-electron chi connectivity index (χ4n) is 3.94. The molecule has 6 nitrogen and oxygen atoms in total. The molecule has 2 heterocycles. The summed E-state index contributed by atoms with van der Waals surface area (Å²) >= 11 is 3.23. The molecule has 0 bridgehead atoms. The van der Waals surface area contributed by atoms with E-state index in [0.29, 0.717) is 40.9 Å². The van der Waals surface area contributed by atoms with E-state index in [0.717, 1.165) is 29.5 Å². The van der Waals surface area contributed by atoms with E-state index in [9.17, 15) is 9.59 Å². The van der Waals surface area contributed by atoms with Crippen molar-refractivity contribution in [1.82, 2.24) is 9.97 Å². The molecule has 0 fully saturated rings. The second-order valence-corrected chi connectivity index (χ2v) is 10.0. The van der Waals surface area contributed by atoms with E-state index < -0.39 is 0 Å². The number of carbonyl (C=O) groups is 1. The summed E-state index contributed by atoms with van der Waals surface area (Å²) in [5.41, 5.74) is 1.79. The number of thioether (sulfide) groups is 1. The van der Waals surface area contributed by atoms with Gasteiger partial charge in [0.25, 0.3) is 5.56 Å². The maximum atomic E-state index is 12.6. The number of hydrogen-bond acceptors (Lipinski definition) is 6. The maximum Gasteiger partial charge on any atom is 0.259 e. The van der Waals surface area contributed by atoms with Crippen molar-refractivity contribution in [2.45, 2.75) is 31.4 Å². The monoisotopic (exact) mass is 477 g/mol. The van der Waals surface area contributed by atoms with Crippen molar-refractivity contribution in [2.24, 2.45) is 0 Å². The largest absolute Gasteiger partial charge is 0.455 e. The van der Waals surface area contributed by atoms with E-state index in [1.807, 2.05) is 54.6 Å². The Morgan fingerprint density at radius 3 is 2.82 bits per heavy atom. The zero-order chi connectivity index (χ0) is 22.6. The highest BCUT2D eigenvalue weighted by atomic mass is 32.2. The molecule has 2 aromatic heterocycles. The Morgan fingerprint density at radius 1 is 1.12 bits per heavy atom. The first-order valence-electron chi connectivity index (χ1n) is 10.9. The first-order valence-corrected chi connectivity index (χ1v) is 12.9. The molecule has 0 atom stereocenters. The summed E-state index contributed by atoms with van der Waals surface area (Å²) in [6.45, 7) is 0. The number of rotatable bonds is 8. The van der Waals surface area contributed by atoms with Crippen LogP contribution in [0.3, 0.4) is 0 Å². The zero-order valence-electron chi connectivity index (χ0n) is 17.9. The molecule has 4 aromatic rings. The minimum atomic E-state index is -0.0850. The quantitative estimate of drug-likeness (QED) is 0.326. The van der Waals surface area contributed by atoms with Crippen molar-refractivity contribution in [3.8, 4) is 11.5 Å². The van der Waals surface area contributed by atoms with Gasteiger partial charge in [0, 0.05) is 17.1 Å². The number of thiophene rings is 1. The number of H-pyrrole nitrogens is 1. The maximum absolute atomic E-state index is 12.6. The Hall–Kier alpha value is -3.10. The minimum Gasteiger partial charge on any atom is -0.455 e. The average Bonchev–Trinajstić information content (AvgIpc) is 3.40. The molecule has 1 amide bonds. The average molecular weight is 478 g/mol. The van der Waals surface area contributed by atoms with Crippen LogP contribution in [-0.4, -0.2) is 21.6 Å². The third kappa shape index (κ3) is 4.96. The van der Waals surface area contributed by atoms with Gasteiger partial charge in [0.1, 0.15) is 16.4 Å². The Labute approximate surface area is 199 Å². The van der Waals surface area contributed by atoms with E-state index >= 15 is 0 Å². The fourth-order valence-corrected chi connectivity index (χ4v) is 6.02. The Balaban J connectivity index is 1.15. The fraction of sp³-hybridized carbons (Fsp3) is 0.240. The van der Waals surface area contributed by atoms with Crippen LogP contribution in [0.25, 0.3) is 10.2 Å². The van der Waals surface area contributed by atoms with Crippen LogP contribution in [0.15, 0.2) is 59.4 Å². The van der Waals surface area contributed by atoms with Crippen LogP contribution in [0.2, 0.25) is 0 Å². The van der Waals surface area contributed by atoms with Gasteiger partial charge in [-0.1, -0.05) is 30.3 Å². The normalized spacial score (nSPS) is 12.6. The molecular weight excluding hydrogens is 454 g/mol. The number of para-hydroxylation sites is 3. The van der Waals surface area contributed by atoms with Crippen LogP contribution in [-0.2, 0) is 23.4 Å². The van der Waals surface area contributed by atoms with Gasteiger partial charge < -0.3 is 15.0 Å². The predicted molar refractivity (Wildman–Crippen MR) is 135 cm³/mol. The lowest BCUT2D eigenvalue weighted by Crippen LogP contribution is -2.13. The summed E-state index contributed by atoms with van der Waals surface area (Å²) < 4.78 is 5.90. The summed E-state index contributed by atoms with van der Waals surface area (Å²) in [5, 5.41) is 3.71. The lowest BCUT2D eigenvalue weighted by atomic mass is 10.2. The first kappa shape index (κ1) is 21.7. The molecule has 1 aliphatic carbocycles. The van der Waals surface area contributed by atoms with Crippen LogP contribution in [0.1, 0.15) is 29.1 Å². The van der Waals surface area contributed by atoms with E-state index in [1.165, 1.54) is 10.4 Å². The molecule has 2 aromatic carbocycles. The Bertz CT molecular complexity index is 1350. The summed E-state index contributed by atoms with van der Waals surface area (Å²) in [6, 6.07) is 16.9. The van der Waals surface area contributed by atoms with Crippen molar-refractivity contribution in [2.75, 3.05) is 11.1 Å². The number of nitrogens with one attached hydrogen (secondary N) is 2. The van der Waals surface area contributed by atoms with Gasteiger partial charge >= 0.3 is 0 Å². The van der Waals surface area contributed by atoms with Gasteiger partial charge in [-0.15, -0.1) is 11.3 Å². The number of carbonyl (C=O) groups excluding carboxylic acids is 1. The number of aromatic amines is 1. The van der Waals surface area contributed by atoms with E-state index in [4.69, 9.17) is 4.74 Å². The molecule has 0 aliphatic heterocycles. The Kier molecular flexibility index (Phi) is 6.46. The molecule has 0 saturated heterocycles. The van der Waals surface area contributed by atoms with E-state index in [-0.39, 0.29) is 11.5 Å². The first-order chi connectivity index (χ1) is 16.2. The van der Waals surface area contributed by atoms with Crippen molar-refractivity contribution in [3.05, 3.63) is 81.2 Å². The van der Waals surface area contributed by atoms with E-state index in [2.05, 4.69) is 15.3 Å². The number of hydrogen-bond donors (Lipinski definition) is 2. The molecule has 0 unspecified atom stereocenters. The second-order valence-electron chi connectivity index (χ2n) is 7.81. The van der Waals surface area contributed by atoms with Crippen molar-refractivity contribution >= 4 is 44.9 Å². The third-order valence-electron chi connectivity index (χ3n) is 5.47. The number of aromatic nitrogens is 2. The van der Waals surface area contributed by atoms with Crippen LogP contribution in [0.5, 0.6) is 11.5 Å². The minimum absolute atomic E-state index is 0.0391. The molecular formula is C25H23N3O3S2. The molecule has 2 N–H and O–H groups in total. The summed E-state index contributed by atoms with van der Waals surface area (Å²) in [5.74, 6) is 3.08. The van der Waals surface area contributed by atoms with Gasteiger partial charge in [-0.25, -0.2) is 4.98 Å². The van der Waals surface area contributed by atoms with E-state index in [1.54, 1.807) is 23.1 Å². The predicted octanol–water partition coefficient (Wildman–Crippen LogP) is 5.53. The Morgan fingerprint density at radius 2 is 1.94 bits per heavy atom. The highest BCUT2D eigenvalue weighted by Gasteiger charge is 2.21. The highest BCUT2D eigenvalue weighted by molar-refractivity contribution is 7.98. The molecule has 33 heavy (non-hydrogen) atoms. The van der Waals surface area contributed by atoms with Crippen LogP contribution < -0.4 is 15.6 Å². The summed E-state index contributed by atoms with van der Waals surface area (Å²) in [7, 11) is 0. The lowest BCUT2D eigenvalue weighted by Gasteiger charge is -2.12. The smallest absolute Gasteiger partial charge is 0.259 e. The number of ether oxygens (including phenoxy) is 1. The molecule has 8 heteroatoms. The molecule has 0 radical (unpaired) electrons. The van der Waals surface area contributed by atoms with Gasteiger partial charge in [-0.2, -0.15) is 11.8 Å². The molecule has 5 rings (SSSR count). The molecule has 0 saturated carbocycles. The third-order valence-corrected chi connectivity index (χ3v) is 7.62. The topological polar surface area (TPSA) is 84.1 Å². The lowest BCUT2D eigenvalue weighted by molar-refractivity contribution is -0.115. The highest BCUT2D eigenvalue weighted by Crippen LogP contribution is 2.34. The molecule has 168 valence electrons. The van der Waals surface area contributed by atoms with Crippen LogP contribution in [0.4, 0.5) is 5.69 Å². The van der Waals surface area contributed by atoms with Crippen molar-refractivity contribution < 1.29 is 9.53 Å². The van der Waals surface area contributed by atoms with Gasteiger partial charge in [-0.3, -0.25) is 9.59 Å². The van der Waals surface area contributed by atoms with Crippen LogP contribution in [0, 0.1) is 0 Å². The number of anilines is 1. The standard InChI is InChI=1S/C25H23N3O3S2/c29-22(26-18-10-4-5-11-19(18)31-16-7-2-1-3-8-16)13-14-32-15-21-27-24(30)23-17-9-6-12-20(17)33-25(23)28-21/h1-5,7-8,10-11H,6,9,12-15H2,(H,26,29)(H,27,28,30). The SMILES string of the molecule is O=C(CCSCc1nc2sc3c(c2c(=O)[nH]1)CCC3)Nc1ccccc1Oc1ccccc1. The molecule has 1 aliphatic rings.